The number of amidine groups is 1. The van der Waals surface area contributed by atoms with E-state index in [0.29, 0.717) is 25.4 Å². The molecule has 0 bridgehead atoms. The van der Waals surface area contributed by atoms with Gasteiger partial charge in [-0.2, -0.15) is 0 Å². The van der Waals surface area contributed by atoms with Crippen molar-refractivity contribution in [2.75, 3.05) is 31.6 Å². The van der Waals surface area contributed by atoms with Gasteiger partial charge in [-0.15, -0.1) is 0 Å². The van der Waals surface area contributed by atoms with Crippen LogP contribution in [-0.2, 0) is 21.2 Å². The first-order valence-corrected chi connectivity index (χ1v) is 17.0. The standard InChI is InChI=1S/C35H46N4O3S/c1-24-9-7-11-29(17-24)35(4,5)20-34(40)39(23-33-37-26(3)22-38(33)6)30-16-15-27-13-14-28(32(27)19-30)21-36-43(41,42)31-12-8-10-25(2)18-31/h7-12,15-16,18-19,24,26,28,36H,13-14,17,20-23H2,1-6H3/t24?,26?,28-/m1/s1. The molecule has 1 aliphatic heterocycles. The van der Waals surface area contributed by atoms with Crippen LogP contribution in [-0.4, -0.2) is 57.8 Å². The Morgan fingerprint density at radius 1 is 1.16 bits per heavy atom. The molecule has 3 aliphatic rings. The summed E-state index contributed by atoms with van der Waals surface area (Å²) in [6, 6.07) is 13.5. The van der Waals surface area contributed by atoms with E-state index in [1.807, 2.05) is 31.0 Å². The van der Waals surface area contributed by atoms with Crippen molar-refractivity contribution >= 4 is 27.5 Å². The summed E-state index contributed by atoms with van der Waals surface area (Å²) in [7, 11) is -1.58. The SMILES string of the molecule is Cc1cccc(S(=O)(=O)NC[C@H]2CCc3ccc(N(CC4=NC(C)CN4C)C(=O)CC(C)(C)C4=CC=CC(C)C4)cc32)c1. The molecule has 0 saturated carbocycles. The number of anilines is 1. The maximum atomic E-state index is 14.2. The summed E-state index contributed by atoms with van der Waals surface area (Å²) in [5.41, 5.74) is 5.10. The van der Waals surface area contributed by atoms with Crippen LogP contribution in [0.4, 0.5) is 5.69 Å². The van der Waals surface area contributed by atoms with Gasteiger partial charge in [0, 0.05) is 32.2 Å². The van der Waals surface area contributed by atoms with Crippen LogP contribution in [0.1, 0.15) is 69.6 Å². The first-order valence-electron chi connectivity index (χ1n) is 15.5. The number of carbonyl (C=O) groups is 1. The third-order valence-electron chi connectivity index (χ3n) is 9.15. The van der Waals surface area contributed by atoms with Gasteiger partial charge in [-0.3, -0.25) is 9.79 Å². The lowest BCUT2D eigenvalue weighted by Gasteiger charge is -2.34. The molecular formula is C35H46N4O3S. The summed E-state index contributed by atoms with van der Waals surface area (Å²) >= 11 is 0. The van der Waals surface area contributed by atoms with E-state index < -0.39 is 10.0 Å². The number of aryl methyl sites for hydroxylation is 2. The number of benzene rings is 2. The molecule has 0 fully saturated rings. The van der Waals surface area contributed by atoms with Crippen molar-refractivity contribution in [2.24, 2.45) is 16.3 Å². The van der Waals surface area contributed by atoms with Crippen molar-refractivity contribution in [2.45, 2.75) is 77.2 Å². The predicted octanol–water partition coefficient (Wildman–Crippen LogP) is 6.01. The van der Waals surface area contributed by atoms with Crippen molar-refractivity contribution in [1.82, 2.24) is 9.62 Å². The molecule has 0 aromatic heterocycles. The van der Waals surface area contributed by atoms with Gasteiger partial charge in [0.15, 0.2) is 0 Å². The predicted molar refractivity (Wildman–Crippen MR) is 175 cm³/mol. The number of likely N-dealkylation sites (N-methyl/N-ethyl adjacent to an activating group) is 1. The largest absolute Gasteiger partial charge is 0.360 e. The summed E-state index contributed by atoms with van der Waals surface area (Å²) in [6.07, 6.45) is 9.61. The molecule has 1 N–H and O–H groups in total. The highest BCUT2D eigenvalue weighted by atomic mass is 32.2. The third kappa shape index (κ3) is 7.13. The van der Waals surface area contributed by atoms with Crippen molar-refractivity contribution < 1.29 is 13.2 Å². The van der Waals surface area contributed by atoms with Crippen molar-refractivity contribution in [1.29, 1.82) is 0 Å². The van der Waals surface area contributed by atoms with E-state index in [4.69, 9.17) is 4.99 Å². The van der Waals surface area contributed by atoms with Crippen LogP contribution in [0.2, 0.25) is 0 Å². The van der Waals surface area contributed by atoms with Crippen LogP contribution in [0.3, 0.4) is 0 Å². The quantitative estimate of drug-likeness (QED) is 0.361. The van der Waals surface area contributed by atoms with Crippen LogP contribution >= 0.6 is 0 Å². The second kappa shape index (κ2) is 12.4. The average Bonchev–Trinajstić information content (AvgIpc) is 3.50. The molecule has 2 aromatic carbocycles. The number of allylic oxidation sites excluding steroid dienone is 4. The van der Waals surface area contributed by atoms with Gasteiger partial charge in [0.05, 0.1) is 17.5 Å². The molecule has 230 valence electrons. The summed E-state index contributed by atoms with van der Waals surface area (Å²) in [5, 5.41) is 0. The third-order valence-corrected chi connectivity index (χ3v) is 10.6. The van der Waals surface area contributed by atoms with Gasteiger partial charge in [-0.05, 0) is 91.3 Å². The van der Waals surface area contributed by atoms with Crippen LogP contribution in [0, 0.1) is 18.3 Å². The highest BCUT2D eigenvalue weighted by Gasteiger charge is 2.33. The van der Waals surface area contributed by atoms with Gasteiger partial charge >= 0.3 is 0 Å². The van der Waals surface area contributed by atoms with Gasteiger partial charge in [0.1, 0.15) is 5.84 Å². The second-order valence-electron chi connectivity index (χ2n) is 13.4. The number of nitrogens with zero attached hydrogens (tertiary/aromatic N) is 3. The van der Waals surface area contributed by atoms with Crippen molar-refractivity contribution in [3.8, 4) is 0 Å². The molecule has 5 rings (SSSR count). The number of fused-ring (bicyclic) bond motifs is 1. The normalized spacial score (nSPS) is 21.9. The number of hydrogen-bond donors (Lipinski definition) is 1. The van der Waals surface area contributed by atoms with Crippen LogP contribution in [0.5, 0.6) is 0 Å². The summed E-state index contributed by atoms with van der Waals surface area (Å²) in [4.78, 5) is 23.4. The molecular weight excluding hydrogens is 556 g/mol. The van der Waals surface area contributed by atoms with E-state index in [1.165, 1.54) is 11.1 Å². The van der Waals surface area contributed by atoms with Gasteiger partial charge in [0.2, 0.25) is 15.9 Å². The Kier molecular flexibility index (Phi) is 9.00. The number of aliphatic imine (C=N–C) groups is 1. The van der Waals surface area contributed by atoms with Crippen molar-refractivity contribution in [3.05, 3.63) is 83.0 Å². The molecule has 2 aliphatic carbocycles. The number of nitrogens with one attached hydrogen (secondary N) is 1. The highest BCUT2D eigenvalue weighted by molar-refractivity contribution is 7.89. The molecule has 0 radical (unpaired) electrons. The molecule has 1 heterocycles. The fourth-order valence-corrected chi connectivity index (χ4v) is 7.77. The lowest BCUT2D eigenvalue weighted by molar-refractivity contribution is -0.120. The Morgan fingerprint density at radius 3 is 2.65 bits per heavy atom. The number of amides is 1. The van der Waals surface area contributed by atoms with Gasteiger partial charge in [0.25, 0.3) is 0 Å². The maximum absolute atomic E-state index is 14.2. The first kappa shape index (κ1) is 31.2. The summed E-state index contributed by atoms with van der Waals surface area (Å²) < 4.78 is 29.0. The summed E-state index contributed by atoms with van der Waals surface area (Å²) in [6.45, 7) is 12.1. The fraction of sp³-hybridized carbons (Fsp3) is 0.486. The van der Waals surface area contributed by atoms with Gasteiger partial charge < -0.3 is 9.80 Å². The second-order valence-corrected chi connectivity index (χ2v) is 15.1. The molecule has 2 aromatic rings. The Hall–Kier alpha value is -3.23. The monoisotopic (exact) mass is 602 g/mol. The van der Waals surface area contributed by atoms with E-state index in [0.717, 1.165) is 48.5 Å². The fourth-order valence-electron chi connectivity index (χ4n) is 6.59. The van der Waals surface area contributed by atoms with E-state index in [-0.39, 0.29) is 28.2 Å². The number of sulfonamides is 1. The van der Waals surface area contributed by atoms with E-state index >= 15 is 0 Å². The molecule has 8 heteroatoms. The minimum atomic E-state index is -3.62. The minimum Gasteiger partial charge on any atom is -0.360 e. The van der Waals surface area contributed by atoms with Crippen LogP contribution < -0.4 is 9.62 Å². The van der Waals surface area contributed by atoms with Gasteiger partial charge in [-0.1, -0.05) is 62.8 Å². The molecule has 1 amide bonds. The zero-order chi connectivity index (χ0) is 30.9. The van der Waals surface area contributed by atoms with Crippen LogP contribution in [0.15, 0.2) is 76.2 Å². The van der Waals surface area contributed by atoms with E-state index in [1.54, 1.807) is 18.2 Å². The maximum Gasteiger partial charge on any atom is 0.240 e. The highest BCUT2D eigenvalue weighted by Crippen LogP contribution is 2.39. The molecule has 3 atom stereocenters. The number of carbonyl (C=O) groups excluding carboxylic acids is 1. The molecule has 0 saturated heterocycles. The van der Waals surface area contributed by atoms with Gasteiger partial charge in [-0.25, -0.2) is 13.1 Å². The topological polar surface area (TPSA) is 82.1 Å². The Balaban J connectivity index is 1.40. The lowest BCUT2D eigenvalue weighted by atomic mass is 9.75. The Labute approximate surface area is 257 Å². The zero-order valence-corrected chi connectivity index (χ0v) is 27.2. The van der Waals surface area contributed by atoms with E-state index in [9.17, 15) is 13.2 Å². The smallest absolute Gasteiger partial charge is 0.240 e. The molecule has 7 nitrogen and oxygen atoms in total. The lowest BCUT2D eigenvalue weighted by Crippen LogP contribution is -2.42. The zero-order valence-electron chi connectivity index (χ0n) is 26.4. The Bertz CT molecular complexity index is 1570. The average molecular weight is 603 g/mol. The number of hydrogen-bond acceptors (Lipinski definition) is 5. The summed E-state index contributed by atoms with van der Waals surface area (Å²) in [5.74, 6) is 1.48. The minimum absolute atomic E-state index is 0.0371. The molecule has 2 unspecified atom stereocenters. The number of rotatable bonds is 10. The van der Waals surface area contributed by atoms with E-state index in [2.05, 4.69) is 67.7 Å². The molecule has 0 spiro atoms. The van der Waals surface area contributed by atoms with Crippen molar-refractivity contribution in [3.63, 3.8) is 0 Å². The first-order chi connectivity index (χ1) is 20.3. The molecule has 43 heavy (non-hydrogen) atoms. The Morgan fingerprint density at radius 2 is 1.95 bits per heavy atom. The van der Waals surface area contributed by atoms with Crippen LogP contribution in [0.25, 0.3) is 0 Å².